The second-order valence-electron chi connectivity index (χ2n) is 8.51. The number of likely N-dealkylation sites (N-methyl/N-ethyl adjacent to an activating group) is 1. The van der Waals surface area contributed by atoms with Crippen LogP contribution in [0.4, 0.5) is 5.69 Å². The van der Waals surface area contributed by atoms with Gasteiger partial charge in [0, 0.05) is 17.1 Å². The summed E-state index contributed by atoms with van der Waals surface area (Å²) in [6.07, 6.45) is 2.11. The number of benzene rings is 2. The average Bonchev–Trinajstić information content (AvgIpc) is 3.47. The fourth-order valence-corrected chi connectivity index (χ4v) is 4.18. The van der Waals surface area contributed by atoms with Gasteiger partial charge in [-0.2, -0.15) is 5.10 Å². The molecule has 0 aliphatic carbocycles. The number of rotatable bonds is 7. The minimum absolute atomic E-state index is 0.0365. The van der Waals surface area contributed by atoms with Crippen LogP contribution in [0, 0.1) is 13.8 Å². The van der Waals surface area contributed by atoms with E-state index in [-0.39, 0.29) is 30.9 Å². The number of carbonyl (C=O) groups is 2. The van der Waals surface area contributed by atoms with Crippen LogP contribution in [0.1, 0.15) is 34.9 Å². The van der Waals surface area contributed by atoms with Gasteiger partial charge in [-0.15, -0.1) is 0 Å². The molecule has 0 spiro atoms. The van der Waals surface area contributed by atoms with Gasteiger partial charge in [0.05, 0.1) is 25.1 Å². The summed E-state index contributed by atoms with van der Waals surface area (Å²) in [6.45, 7) is 4.02. The Labute approximate surface area is 204 Å². The average molecular weight is 479 g/mol. The Bertz CT molecular complexity index is 1190. The number of hydrogen-bond donors (Lipinski definition) is 1. The lowest BCUT2D eigenvalue weighted by molar-refractivity contribution is -0.134. The molecule has 0 fully saturated rings. The molecule has 1 N–H and O–H groups in total. The lowest BCUT2D eigenvalue weighted by Gasteiger charge is -2.23. The molecule has 1 atom stereocenters. The van der Waals surface area contributed by atoms with Gasteiger partial charge in [-0.05, 0) is 61.9 Å². The number of hydrazone groups is 1. The van der Waals surface area contributed by atoms with Crippen molar-refractivity contribution in [3.63, 3.8) is 0 Å². The molecule has 0 bridgehead atoms. The summed E-state index contributed by atoms with van der Waals surface area (Å²) in [7, 11) is 1.74. The van der Waals surface area contributed by atoms with Gasteiger partial charge in [-0.3, -0.25) is 14.5 Å². The lowest BCUT2D eigenvalue weighted by atomic mass is 10.0. The van der Waals surface area contributed by atoms with Crippen LogP contribution in [0.5, 0.6) is 0 Å². The maximum atomic E-state index is 13.2. The zero-order valence-electron chi connectivity index (χ0n) is 19.4. The van der Waals surface area contributed by atoms with Crippen molar-refractivity contribution >= 4 is 34.8 Å². The van der Waals surface area contributed by atoms with E-state index in [1.165, 1.54) is 5.01 Å². The number of halogens is 1. The first-order chi connectivity index (χ1) is 16.3. The van der Waals surface area contributed by atoms with Gasteiger partial charge in [0.1, 0.15) is 11.8 Å². The first-order valence-electron chi connectivity index (χ1n) is 11.1. The van der Waals surface area contributed by atoms with Crippen molar-refractivity contribution in [2.45, 2.75) is 26.3 Å². The monoisotopic (exact) mass is 478 g/mol. The number of nitrogens with zero attached hydrogens (tertiary/aromatic N) is 3. The number of nitrogens with one attached hydrogen (secondary N) is 1. The molecule has 2 amide bonds. The molecule has 1 aliphatic rings. The third-order valence-corrected chi connectivity index (χ3v) is 6.03. The number of carbonyl (C=O) groups excluding carboxylic acids is 2. The number of furan rings is 1. The Balaban J connectivity index is 1.45. The topological polar surface area (TPSA) is 78.2 Å². The SMILES string of the molecule is Cc1cccc(C)c1NC(=O)CN(C)CC(=O)N1N=C(c2ccc(Cl)cc2)C[C@@H]1c1ccco1. The molecule has 34 heavy (non-hydrogen) atoms. The van der Waals surface area contributed by atoms with Gasteiger partial charge in [-0.25, -0.2) is 5.01 Å². The molecule has 0 saturated carbocycles. The molecule has 1 aromatic heterocycles. The highest BCUT2D eigenvalue weighted by Gasteiger charge is 2.35. The van der Waals surface area contributed by atoms with Crippen LogP contribution in [0.2, 0.25) is 5.02 Å². The second-order valence-corrected chi connectivity index (χ2v) is 8.95. The maximum absolute atomic E-state index is 13.2. The lowest BCUT2D eigenvalue weighted by Crippen LogP contribution is -2.39. The Morgan fingerprint density at radius 2 is 1.79 bits per heavy atom. The molecule has 176 valence electrons. The van der Waals surface area contributed by atoms with Gasteiger partial charge in [0.15, 0.2) is 0 Å². The Morgan fingerprint density at radius 1 is 1.09 bits per heavy atom. The third kappa shape index (κ3) is 5.38. The number of hydrogen-bond acceptors (Lipinski definition) is 5. The van der Waals surface area contributed by atoms with Crippen molar-refractivity contribution < 1.29 is 14.0 Å². The number of anilines is 1. The summed E-state index contributed by atoms with van der Waals surface area (Å²) >= 11 is 6.02. The van der Waals surface area contributed by atoms with Crippen LogP contribution in [-0.4, -0.2) is 47.6 Å². The Morgan fingerprint density at radius 3 is 2.44 bits per heavy atom. The molecule has 2 aromatic carbocycles. The van der Waals surface area contributed by atoms with E-state index in [1.807, 2.05) is 50.2 Å². The van der Waals surface area contributed by atoms with Crippen LogP contribution in [0.15, 0.2) is 70.4 Å². The van der Waals surface area contributed by atoms with E-state index in [1.54, 1.807) is 36.4 Å². The standard InChI is InChI=1S/C26H27ClN4O3/c1-17-6-4-7-18(2)26(17)28-24(32)15-30(3)16-25(33)31-22(23-8-5-13-34-23)14-21(29-31)19-9-11-20(27)12-10-19/h4-13,22H,14-16H2,1-3H3,(H,28,32)/t22-/m1/s1. The highest BCUT2D eigenvalue weighted by molar-refractivity contribution is 6.30. The molecular formula is C26H27ClN4O3. The van der Waals surface area contributed by atoms with Gasteiger partial charge in [0.25, 0.3) is 5.91 Å². The maximum Gasteiger partial charge on any atom is 0.257 e. The fourth-order valence-electron chi connectivity index (χ4n) is 4.05. The van der Waals surface area contributed by atoms with E-state index in [0.29, 0.717) is 17.2 Å². The largest absolute Gasteiger partial charge is 0.467 e. The van der Waals surface area contributed by atoms with E-state index in [9.17, 15) is 9.59 Å². The molecule has 0 saturated heterocycles. The van der Waals surface area contributed by atoms with Gasteiger partial charge < -0.3 is 9.73 Å². The summed E-state index contributed by atoms with van der Waals surface area (Å²) in [4.78, 5) is 27.5. The molecule has 0 radical (unpaired) electrons. The number of aryl methyl sites for hydroxylation is 2. The number of amides is 2. The van der Waals surface area contributed by atoms with Crippen molar-refractivity contribution in [1.29, 1.82) is 0 Å². The smallest absolute Gasteiger partial charge is 0.257 e. The van der Waals surface area contributed by atoms with Crippen LogP contribution in [-0.2, 0) is 9.59 Å². The van der Waals surface area contributed by atoms with Gasteiger partial charge >= 0.3 is 0 Å². The van der Waals surface area contributed by atoms with Crippen molar-refractivity contribution in [1.82, 2.24) is 9.91 Å². The molecular weight excluding hydrogens is 452 g/mol. The minimum atomic E-state index is -0.343. The van der Waals surface area contributed by atoms with Crippen molar-refractivity contribution in [3.05, 3.63) is 88.3 Å². The highest BCUT2D eigenvalue weighted by atomic mass is 35.5. The van der Waals surface area contributed by atoms with Crippen molar-refractivity contribution in [2.75, 3.05) is 25.5 Å². The molecule has 7 nitrogen and oxygen atoms in total. The second kappa shape index (κ2) is 10.2. The van der Waals surface area contributed by atoms with Gasteiger partial charge in [0.2, 0.25) is 5.91 Å². The summed E-state index contributed by atoms with van der Waals surface area (Å²) in [6, 6.07) is 16.5. The highest BCUT2D eigenvalue weighted by Crippen LogP contribution is 2.33. The molecule has 2 heterocycles. The normalized spacial score (nSPS) is 15.5. The Hall–Kier alpha value is -3.42. The predicted octanol–water partition coefficient (Wildman–Crippen LogP) is 4.80. The summed E-state index contributed by atoms with van der Waals surface area (Å²) in [5, 5.41) is 9.67. The molecule has 3 aromatic rings. The van der Waals surface area contributed by atoms with Gasteiger partial charge in [-0.1, -0.05) is 41.9 Å². The van der Waals surface area contributed by atoms with Crippen LogP contribution >= 0.6 is 11.6 Å². The molecule has 4 rings (SSSR count). The number of para-hydroxylation sites is 1. The first kappa shape index (κ1) is 23.7. The van der Waals surface area contributed by atoms with Crippen molar-refractivity contribution in [3.8, 4) is 0 Å². The zero-order chi connectivity index (χ0) is 24.2. The molecule has 0 unspecified atom stereocenters. The van der Waals surface area contributed by atoms with Crippen LogP contribution in [0.25, 0.3) is 0 Å². The summed E-state index contributed by atoms with van der Waals surface area (Å²) < 4.78 is 5.59. The van der Waals surface area contributed by atoms with Crippen LogP contribution in [0.3, 0.4) is 0 Å². The molecule has 1 aliphatic heterocycles. The predicted molar refractivity (Wildman–Crippen MR) is 133 cm³/mol. The van der Waals surface area contributed by atoms with E-state index < -0.39 is 0 Å². The van der Waals surface area contributed by atoms with E-state index in [4.69, 9.17) is 16.0 Å². The quantitative estimate of drug-likeness (QED) is 0.529. The van der Waals surface area contributed by atoms with Crippen molar-refractivity contribution in [2.24, 2.45) is 5.10 Å². The van der Waals surface area contributed by atoms with E-state index in [2.05, 4.69) is 10.4 Å². The van der Waals surface area contributed by atoms with E-state index in [0.717, 1.165) is 28.1 Å². The van der Waals surface area contributed by atoms with Crippen LogP contribution < -0.4 is 5.32 Å². The zero-order valence-corrected chi connectivity index (χ0v) is 20.2. The summed E-state index contributed by atoms with van der Waals surface area (Å²) in [5.74, 6) is 0.270. The fraction of sp³-hybridized carbons (Fsp3) is 0.269. The molecule has 8 heteroatoms. The van der Waals surface area contributed by atoms with E-state index >= 15 is 0 Å². The summed E-state index contributed by atoms with van der Waals surface area (Å²) in [5.41, 5.74) is 4.48. The third-order valence-electron chi connectivity index (χ3n) is 5.78. The minimum Gasteiger partial charge on any atom is -0.467 e. The first-order valence-corrected chi connectivity index (χ1v) is 11.4. The Kier molecular flexibility index (Phi) is 7.14.